The Morgan fingerprint density at radius 1 is 1.19 bits per heavy atom. The smallest absolute Gasteiger partial charge is 0.247 e. The quantitative estimate of drug-likeness (QED) is 0.743. The molecule has 0 aliphatic heterocycles. The Balaban J connectivity index is 2.02. The predicted molar refractivity (Wildman–Crippen MR) is 103 cm³/mol. The summed E-state index contributed by atoms with van der Waals surface area (Å²) in [6.45, 7) is 5.22. The number of carbonyl (C=O) groups is 2. The number of carbonyl (C=O) groups excluding carboxylic acids is 2. The Hall–Kier alpha value is -2.60. The largest absolute Gasteiger partial charge is 0.487 e. The lowest BCUT2D eigenvalue weighted by Crippen LogP contribution is -2.46. The van der Waals surface area contributed by atoms with Crippen molar-refractivity contribution in [3.63, 3.8) is 0 Å². The third-order valence-electron chi connectivity index (χ3n) is 3.79. The fourth-order valence-electron chi connectivity index (χ4n) is 2.46. The highest BCUT2D eigenvalue weighted by Crippen LogP contribution is 2.28. The molecule has 27 heavy (non-hydrogen) atoms. The van der Waals surface area contributed by atoms with Gasteiger partial charge in [0.05, 0.1) is 5.02 Å². The van der Waals surface area contributed by atoms with E-state index in [1.807, 2.05) is 13.8 Å². The molecule has 1 atom stereocenters. The topological polar surface area (TPSA) is 67.4 Å². The second-order valence-electron chi connectivity index (χ2n) is 6.48. The maximum atomic E-state index is 13.2. The van der Waals surface area contributed by atoms with Gasteiger partial charge in [-0.25, -0.2) is 4.39 Å². The number of ether oxygens (including phenoxy) is 1. The van der Waals surface area contributed by atoms with Gasteiger partial charge in [-0.05, 0) is 41.8 Å². The van der Waals surface area contributed by atoms with Gasteiger partial charge in [-0.15, -0.1) is 0 Å². The molecule has 7 heteroatoms. The first-order chi connectivity index (χ1) is 12.8. The number of hydrogen-bond acceptors (Lipinski definition) is 3. The van der Waals surface area contributed by atoms with E-state index < -0.39 is 6.04 Å². The van der Waals surface area contributed by atoms with Gasteiger partial charge in [0.25, 0.3) is 0 Å². The number of halogens is 2. The molecule has 0 aromatic heterocycles. The molecule has 0 unspecified atom stereocenters. The summed E-state index contributed by atoms with van der Waals surface area (Å²) in [6, 6.07) is 10.3. The molecule has 2 N–H and O–H groups in total. The van der Waals surface area contributed by atoms with Crippen molar-refractivity contribution in [1.29, 1.82) is 0 Å². The van der Waals surface area contributed by atoms with Crippen LogP contribution in [0.15, 0.2) is 42.5 Å². The zero-order valence-electron chi connectivity index (χ0n) is 15.4. The summed E-state index contributed by atoms with van der Waals surface area (Å²) >= 11 is 6.22. The van der Waals surface area contributed by atoms with Crippen molar-refractivity contribution in [3.8, 4) is 5.75 Å². The molecule has 144 valence electrons. The van der Waals surface area contributed by atoms with E-state index >= 15 is 0 Å². The first kappa shape index (κ1) is 20.7. The van der Waals surface area contributed by atoms with Crippen molar-refractivity contribution in [2.75, 3.05) is 5.32 Å². The highest BCUT2D eigenvalue weighted by atomic mass is 35.5. The lowest BCUT2D eigenvalue weighted by molar-refractivity contribution is -0.126. The number of nitrogens with one attached hydrogen (secondary N) is 2. The van der Waals surface area contributed by atoms with Crippen LogP contribution < -0.4 is 15.4 Å². The van der Waals surface area contributed by atoms with Gasteiger partial charge in [0.2, 0.25) is 11.8 Å². The molecular weight excluding hydrogens is 371 g/mol. The molecule has 0 saturated heterocycles. The normalized spacial score (nSPS) is 11.8. The number of hydrogen-bond donors (Lipinski definition) is 2. The molecule has 2 amide bonds. The van der Waals surface area contributed by atoms with Crippen molar-refractivity contribution in [2.45, 2.75) is 33.4 Å². The van der Waals surface area contributed by atoms with E-state index in [4.69, 9.17) is 16.3 Å². The molecule has 0 bridgehead atoms. The first-order valence-electron chi connectivity index (χ1n) is 8.51. The van der Waals surface area contributed by atoms with E-state index in [-0.39, 0.29) is 30.2 Å². The van der Waals surface area contributed by atoms with E-state index in [1.54, 1.807) is 30.3 Å². The molecule has 2 rings (SSSR count). The summed E-state index contributed by atoms with van der Waals surface area (Å²) in [5.41, 5.74) is 1.16. The van der Waals surface area contributed by atoms with Crippen LogP contribution in [0.3, 0.4) is 0 Å². The Labute approximate surface area is 162 Å². The van der Waals surface area contributed by atoms with E-state index in [0.717, 1.165) is 0 Å². The van der Waals surface area contributed by atoms with Gasteiger partial charge in [-0.3, -0.25) is 9.59 Å². The number of benzene rings is 2. The SMILES string of the molecule is CC(=O)N[C@H](C(=O)Nc1ccc(OCc2cccc(F)c2)c(Cl)c1)C(C)C. The standard InChI is InChI=1S/C20H22ClFN2O3/c1-12(2)19(23-13(3)25)20(26)24-16-7-8-18(17(21)10-16)27-11-14-5-4-6-15(22)9-14/h4-10,12,19H,11H2,1-3H3,(H,23,25)(H,24,26)/t19-/m0/s1. The lowest BCUT2D eigenvalue weighted by atomic mass is 10.0. The fraction of sp³-hybridized carbons (Fsp3) is 0.300. The van der Waals surface area contributed by atoms with Crippen LogP contribution in [-0.4, -0.2) is 17.9 Å². The molecule has 0 fully saturated rings. The number of rotatable bonds is 7. The lowest BCUT2D eigenvalue weighted by Gasteiger charge is -2.21. The van der Waals surface area contributed by atoms with Crippen molar-refractivity contribution in [1.82, 2.24) is 5.32 Å². The van der Waals surface area contributed by atoms with Crippen LogP contribution in [0.1, 0.15) is 26.3 Å². The van der Waals surface area contributed by atoms with E-state index in [0.29, 0.717) is 22.0 Å². The zero-order valence-corrected chi connectivity index (χ0v) is 16.1. The molecule has 0 aliphatic carbocycles. The molecule has 0 aliphatic rings. The Morgan fingerprint density at radius 2 is 1.93 bits per heavy atom. The highest BCUT2D eigenvalue weighted by Gasteiger charge is 2.23. The predicted octanol–water partition coefficient (Wildman–Crippen LogP) is 4.16. The number of amides is 2. The Kier molecular flexibility index (Phi) is 7.19. The second kappa shape index (κ2) is 9.37. The van der Waals surface area contributed by atoms with Crippen LogP contribution >= 0.6 is 11.6 Å². The Bertz CT molecular complexity index is 827. The maximum Gasteiger partial charge on any atom is 0.247 e. The van der Waals surface area contributed by atoms with Crippen LogP contribution in [0.25, 0.3) is 0 Å². The first-order valence-corrected chi connectivity index (χ1v) is 8.89. The second-order valence-corrected chi connectivity index (χ2v) is 6.88. The van der Waals surface area contributed by atoms with Gasteiger partial charge in [0, 0.05) is 12.6 Å². The van der Waals surface area contributed by atoms with Crippen LogP contribution in [-0.2, 0) is 16.2 Å². The van der Waals surface area contributed by atoms with Gasteiger partial charge < -0.3 is 15.4 Å². The summed E-state index contributed by atoms with van der Waals surface area (Å²) in [4.78, 5) is 23.7. The highest BCUT2D eigenvalue weighted by molar-refractivity contribution is 6.32. The van der Waals surface area contributed by atoms with Crippen molar-refractivity contribution in [3.05, 3.63) is 58.9 Å². The third-order valence-corrected chi connectivity index (χ3v) is 4.09. The van der Waals surface area contributed by atoms with Crippen LogP contribution in [0.2, 0.25) is 5.02 Å². The van der Waals surface area contributed by atoms with Gasteiger partial charge >= 0.3 is 0 Å². The molecule has 0 heterocycles. The summed E-state index contributed by atoms with van der Waals surface area (Å²) in [5.74, 6) is -0.591. The zero-order chi connectivity index (χ0) is 20.0. The van der Waals surface area contributed by atoms with Crippen molar-refractivity contribution < 1.29 is 18.7 Å². The minimum atomic E-state index is -0.648. The van der Waals surface area contributed by atoms with Gasteiger partial charge in [-0.1, -0.05) is 37.6 Å². The monoisotopic (exact) mass is 392 g/mol. The summed E-state index contributed by atoms with van der Waals surface area (Å²) < 4.78 is 18.8. The van der Waals surface area contributed by atoms with Gasteiger partial charge in [0.1, 0.15) is 24.2 Å². The summed E-state index contributed by atoms with van der Waals surface area (Å²) in [7, 11) is 0. The van der Waals surface area contributed by atoms with Crippen LogP contribution in [0.4, 0.5) is 10.1 Å². The van der Waals surface area contributed by atoms with Crippen LogP contribution in [0.5, 0.6) is 5.75 Å². The molecular formula is C20H22ClFN2O3. The van der Waals surface area contributed by atoms with E-state index in [2.05, 4.69) is 10.6 Å². The van der Waals surface area contributed by atoms with Gasteiger partial charge in [0.15, 0.2) is 0 Å². The molecule has 0 radical (unpaired) electrons. The minimum Gasteiger partial charge on any atom is -0.487 e. The van der Waals surface area contributed by atoms with Crippen molar-refractivity contribution in [2.24, 2.45) is 5.92 Å². The molecule has 0 saturated carbocycles. The third kappa shape index (κ3) is 6.25. The Morgan fingerprint density at radius 3 is 2.52 bits per heavy atom. The van der Waals surface area contributed by atoms with E-state index in [1.165, 1.54) is 19.1 Å². The van der Waals surface area contributed by atoms with E-state index in [9.17, 15) is 14.0 Å². The minimum absolute atomic E-state index is 0.0711. The van der Waals surface area contributed by atoms with Crippen molar-refractivity contribution >= 4 is 29.1 Å². The maximum absolute atomic E-state index is 13.2. The molecule has 2 aromatic carbocycles. The average Bonchev–Trinajstić information content (AvgIpc) is 2.58. The fourth-order valence-corrected chi connectivity index (χ4v) is 2.69. The molecule has 5 nitrogen and oxygen atoms in total. The van der Waals surface area contributed by atoms with Gasteiger partial charge in [-0.2, -0.15) is 0 Å². The number of anilines is 1. The molecule has 0 spiro atoms. The summed E-state index contributed by atoms with van der Waals surface area (Å²) in [6.07, 6.45) is 0. The average molecular weight is 393 g/mol. The molecule has 2 aromatic rings. The van der Waals surface area contributed by atoms with Crippen LogP contribution in [0, 0.1) is 11.7 Å². The summed E-state index contributed by atoms with van der Waals surface area (Å²) in [5, 5.41) is 5.67.